The lowest BCUT2D eigenvalue weighted by Crippen LogP contribution is -2.29. The van der Waals surface area contributed by atoms with Crippen LogP contribution in [0, 0.1) is 5.92 Å². The van der Waals surface area contributed by atoms with Crippen LogP contribution in [-0.2, 0) is 11.2 Å². The van der Waals surface area contributed by atoms with Gasteiger partial charge in [-0.2, -0.15) is 4.98 Å². The Kier molecular flexibility index (Phi) is 5.83. The molecular formula is C21H24N4O2S. The number of benzene rings is 1. The molecule has 1 saturated heterocycles. The number of carbonyl (C=O) groups is 1. The van der Waals surface area contributed by atoms with Crippen LogP contribution >= 0.6 is 11.3 Å². The minimum atomic E-state index is 0.176. The Morgan fingerprint density at radius 2 is 2.07 bits per heavy atom. The molecule has 3 heterocycles. The SMILES string of the molecule is NC[C@@H]1CN(C(=O)CCCc2nc(-c3cccs3)no2)C[C@H]1c1ccccc1. The molecule has 7 heteroatoms. The number of thiophene rings is 1. The third-order valence-corrected chi connectivity index (χ3v) is 6.18. The Morgan fingerprint density at radius 1 is 1.21 bits per heavy atom. The maximum Gasteiger partial charge on any atom is 0.226 e. The van der Waals surface area contributed by atoms with Crippen molar-refractivity contribution in [1.82, 2.24) is 15.0 Å². The topological polar surface area (TPSA) is 85.2 Å². The van der Waals surface area contributed by atoms with Gasteiger partial charge in [0, 0.05) is 31.8 Å². The van der Waals surface area contributed by atoms with E-state index in [-0.39, 0.29) is 5.91 Å². The van der Waals surface area contributed by atoms with Crippen LogP contribution in [0.5, 0.6) is 0 Å². The number of hydrogen-bond donors (Lipinski definition) is 1. The van der Waals surface area contributed by atoms with Gasteiger partial charge in [0.1, 0.15) is 0 Å². The first-order chi connectivity index (χ1) is 13.7. The second-order valence-corrected chi connectivity index (χ2v) is 8.10. The van der Waals surface area contributed by atoms with Gasteiger partial charge in [-0.15, -0.1) is 11.3 Å². The fraction of sp³-hybridized carbons (Fsp3) is 0.381. The van der Waals surface area contributed by atoms with E-state index in [2.05, 4.69) is 22.3 Å². The molecule has 28 heavy (non-hydrogen) atoms. The molecule has 6 nitrogen and oxygen atoms in total. The van der Waals surface area contributed by atoms with E-state index >= 15 is 0 Å². The highest BCUT2D eigenvalue weighted by Crippen LogP contribution is 2.32. The molecule has 0 radical (unpaired) electrons. The second kappa shape index (κ2) is 8.67. The molecule has 0 bridgehead atoms. The van der Waals surface area contributed by atoms with Gasteiger partial charge in [-0.1, -0.05) is 41.6 Å². The van der Waals surface area contributed by atoms with Crippen molar-refractivity contribution in [2.24, 2.45) is 11.7 Å². The van der Waals surface area contributed by atoms with E-state index in [0.717, 1.165) is 18.0 Å². The molecule has 1 fully saturated rings. The lowest BCUT2D eigenvalue weighted by atomic mass is 9.89. The molecule has 4 rings (SSSR count). The highest BCUT2D eigenvalue weighted by molar-refractivity contribution is 7.13. The standard InChI is InChI=1S/C21H24N4O2S/c22-12-16-13-25(14-17(16)15-6-2-1-3-7-15)20(26)10-4-9-19-23-21(24-27-19)18-8-5-11-28-18/h1-3,5-8,11,16-17H,4,9-10,12-14,22H2/t16-,17+/m1/s1. The predicted octanol–water partition coefficient (Wildman–Crippen LogP) is 3.32. The smallest absolute Gasteiger partial charge is 0.226 e. The molecule has 146 valence electrons. The number of amides is 1. The van der Waals surface area contributed by atoms with Crippen molar-refractivity contribution in [3.63, 3.8) is 0 Å². The number of carbonyl (C=O) groups excluding carboxylic acids is 1. The molecule has 0 unspecified atom stereocenters. The molecule has 1 aromatic carbocycles. The molecule has 0 aliphatic carbocycles. The monoisotopic (exact) mass is 396 g/mol. The fourth-order valence-electron chi connectivity index (χ4n) is 3.80. The predicted molar refractivity (Wildman–Crippen MR) is 109 cm³/mol. The van der Waals surface area contributed by atoms with E-state index in [1.165, 1.54) is 5.56 Å². The first-order valence-corrected chi connectivity index (χ1v) is 10.5. The van der Waals surface area contributed by atoms with E-state index < -0.39 is 0 Å². The molecule has 2 aromatic heterocycles. The van der Waals surface area contributed by atoms with Crippen molar-refractivity contribution in [1.29, 1.82) is 0 Å². The van der Waals surface area contributed by atoms with Gasteiger partial charge in [-0.05, 0) is 35.9 Å². The van der Waals surface area contributed by atoms with Gasteiger partial charge in [-0.3, -0.25) is 4.79 Å². The molecule has 1 aliphatic rings. The fourth-order valence-corrected chi connectivity index (χ4v) is 4.45. The highest BCUT2D eigenvalue weighted by atomic mass is 32.1. The quantitative estimate of drug-likeness (QED) is 0.662. The van der Waals surface area contributed by atoms with Crippen molar-refractivity contribution in [3.05, 3.63) is 59.3 Å². The minimum absolute atomic E-state index is 0.176. The van der Waals surface area contributed by atoms with E-state index in [1.807, 2.05) is 40.6 Å². The summed E-state index contributed by atoms with van der Waals surface area (Å²) in [4.78, 5) is 20.0. The lowest BCUT2D eigenvalue weighted by molar-refractivity contribution is -0.130. The van der Waals surface area contributed by atoms with Gasteiger partial charge in [0.25, 0.3) is 0 Å². The van der Waals surface area contributed by atoms with E-state index in [4.69, 9.17) is 10.3 Å². The Morgan fingerprint density at radius 3 is 2.82 bits per heavy atom. The maximum atomic E-state index is 12.7. The van der Waals surface area contributed by atoms with Crippen molar-refractivity contribution in [2.75, 3.05) is 19.6 Å². The number of rotatable bonds is 7. The van der Waals surface area contributed by atoms with Crippen LogP contribution in [0.3, 0.4) is 0 Å². The third-order valence-electron chi connectivity index (χ3n) is 5.32. The summed E-state index contributed by atoms with van der Waals surface area (Å²) in [6, 6.07) is 14.3. The highest BCUT2D eigenvalue weighted by Gasteiger charge is 2.34. The zero-order chi connectivity index (χ0) is 19.3. The molecule has 2 N–H and O–H groups in total. The van der Waals surface area contributed by atoms with Crippen LogP contribution in [0.2, 0.25) is 0 Å². The Bertz CT molecular complexity index is 894. The number of nitrogens with two attached hydrogens (primary N) is 1. The van der Waals surface area contributed by atoms with Crippen LogP contribution in [0.15, 0.2) is 52.4 Å². The number of aryl methyl sites for hydroxylation is 1. The van der Waals surface area contributed by atoms with Crippen LogP contribution in [0.1, 0.15) is 30.2 Å². The number of aromatic nitrogens is 2. The van der Waals surface area contributed by atoms with E-state index in [1.54, 1.807) is 11.3 Å². The summed E-state index contributed by atoms with van der Waals surface area (Å²) in [6.45, 7) is 2.07. The van der Waals surface area contributed by atoms with E-state index in [0.29, 0.717) is 49.4 Å². The van der Waals surface area contributed by atoms with Crippen LogP contribution in [0.25, 0.3) is 10.7 Å². The first kappa shape index (κ1) is 18.8. The number of nitrogens with zero attached hydrogens (tertiary/aromatic N) is 3. The first-order valence-electron chi connectivity index (χ1n) is 9.64. The van der Waals surface area contributed by atoms with Crippen LogP contribution in [-0.4, -0.2) is 40.6 Å². The molecule has 1 amide bonds. The van der Waals surface area contributed by atoms with Crippen molar-refractivity contribution >= 4 is 17.2 Å². The Balaban J connectivity index is 1.29. The molecule has 0 spiro atoms. The summed E-state index contributed by atoms with van der Waals surface area (Å²) in [5, 5.41) is 6.00. The molecular weight excluding hydrogens is 372 g/mol. The normalized spacial score (nSPS) is 19.2. The van der Waals surface area contributed by atoms with Gasteiger partial charge < -0.3 is 15.2 Å². The van der Waals surface area contributed by atoms with Crippen LogP contribution < -0.4 is 5.73 Å². The Hall–Kier alpha value is -2.51. The summed E-state index contributed by atoms with van der Waals surface area (Å²) in [5.41, 5.74) is 7.24. The average Bonchev–Trinajstić information content (AvgIpc) is 3.48. The summed E-state index contributed by atoms with van der Waals surface area (Å²) >= 11 is 1.58. The number of likely N-dealkylation sites (tertiary alicyclic amines) is 1. The minimum Gasteiger partial charge on any atom is -0.342 e. The third kappa shape index (κ3) is 4.15. The van der Waals surface area contributed by atoms with Gasteiger partial charge in [0.2, 0.25) is 17.6 Å². The van der Waals surface area contributed by atoms with Crippen molar-refractivity contribution in [3.8, 4) is 10.7 Å². The average molecular weight is 397 g/mol. The zero-order valence-electron chi connectivity index (χ0n) is 15.7. The van der Waals surface area contributed by atoms with Gasteiger partial charge in [-0.25, -0.2) is 0 Å². The van der Waals surface area contributed by atoms with Gasteiger partial charge >= 0.3 is 0 Å². The zero-order valence-corrected chi connectivity index (χ0v) is 16.5. The van der Waals surface area contributed by atoms with Crippen molar-refractivity contribution in [2.45, 2.75) is 25.2 Å². The van der Waals surface area contributed by atoms with Crippen molar-refractivity contribution < 1.29 is 9.32 Å². The molecule has 3 aromatic rings. The van der Waals surface area contributed by atoms with Gasteiger partial charge in [0.05, 0.1) is 4.88 Å². The summed E-state index contributed by atoms with van der Waals surface area (Å²) in [6.07, 6.45) is 1.79. The molecule has 0 saturated carbocycles. The van der Waals surface area contributed by atoms with E-state index in [9.17, 15) is 4.79 Å². The maximum absolute atomic E-state index is 12.7. The lowest BCUT2D eigenvalue weighted by Gasteiger charge is -2.16. The largest absolute Gasteiger partial charge is 0.342 e. The molecule has 1 aliphatic heterocycles. The Labute approximate surface area is 168 Å². The summed E-state index contributed by atoms with van der Waals surface area (Å²) in [7, 11) is 0. The van der Waals surface area contributed by atoms with Crippen LogP contribution in [0.4, 0.5) is 0 Å². The summed E-state index contributed by atoms with van der Waals surface area (Å²) in [5.74, 6) is 2.01. The number of hydrogen-bond acceptors (Lipinski definition) is 6. The molecule has 2 atom stereocenters. The van der Waals surface area contributed by atoms with Gasteiger partial charge in [0.15, 0.2) is 0 Å². The summed E-state index contributed by atoms with van der Waals surface area (Å²) < 4.78 is 5.31. The second-order valence-electron chi connectivity index (χ2n) is 7.15.